The van der Waals surface area contributed by atoms with Gasteiger partial charge in [0, 0.05) is 31.8 Å². The van der Waals surface area contributed by atoms with Crippen molar-refractivity contribution in [3.05, 3.63) is 35.9 Å². The fourth-order valence-electron chi connectivity index (χ4n) is 3.33. The van der Waals surface area contributed by atoms with Crippen molar-refractivity contribution in [1.29, 1.82) is 0 Å². The minimum Gasteiger partial charge on any atom is -0.340 e. The molecule has 23 heavy (non-hydrogen) atoms. The molecule has 0 aliphatic carbocycles. The first-order valence-corrected chi connectivity index (χ1v) is 9.64. The lowest BCUT2D eigenvalue weighted by Crippen LogP contribution is -2.47. The van der Waals surface area contributed by atoms with Crippen LogP contribution < -0.4 is 0 Å². The molecule has 0 spiro atoms. The summed E-state index contributed by atoms with van der Waals surface area (Å²) in [6.45, 7) is 2.28. The van der Waals surface area contributed by atoms with Crippen LogP contribution in [0, 0.1) is 0 Å². The smallest absolute Gasteiger partial charge is 0.250 e. The van der Waals surface area contributed by atoms with Crippen LogP contribution >= 0.6 is 11.8 Å². The maximum atomic E-state index is 13.2. The number of amides is 2. The van der Waals surface area contributed by atoms with E-state index in [0.717, 1.165) is 49.4 Å². The van der Waals surface area contributed by atoms with Crippen LogP contribution in [0.1, 0.15) is 37.3 Å². The summed E-state index contributed by atoms with van der Waals surface area (Å²) >= 11 is 1.91. The molecule has 1 aromatic carbocycles. The van der Waals surface area contributed by atoms with E-state index in [0.29, 0.717) is 13.0 Å². The molecule has 2 amide bonds. The van der Waals surface area contributed by atoms with Gasteiger partial charge in [-0.05, 0) is 30.6 Å². The second kappa shape index (κ2) is 7.86. The van der Waals surface area contributed by atoms with E-state index in [-0.39, 0.29) is 11.8 Å². The van der Waals surface area contributed by atoms with Gasteiger partial charge in [-0.25, -0.2) is 0 Å². The van der Waals surface area contributed by atoms with Crippen LogP contribution in [0.3, 0.4) is 0 Å². The molecule has 5 heteroatoms. The molecule has 0 aromatic heterocycles. The van der Waals surface area contributed by atoms with E-state index < -0.39 is 6.04 Å². The summed E-state index contributed by atoms with van der Waals surface area (Å²) in [7, 11) is 0. The Morgan fingerprint density at radius 3 is 2.61 bits per heavy atom. The van der Waals surface area contributed by atoms with Crippen LogP contribution in [-0.2, 0) is 9.59 Å². The quantitative estimate of drug-likeness (QED) is 0.854. The SMILES string of the molecule is O=C(C(c1ccccc1)N1CCCCC1=O)N1CCCSCC1. The summed E-state index contributed by atoms with van der Waals surface area (Å²) in [5.41, 5.74) is 0.935. The number of thioether (sulfide) groups is 1. The first-order chi connectivity index (χ1) is 11.3. The van der Waals surface area contributed by atoms with E-state index >= 15 is 0 Å². The zero-order valence-corrected chi connectivity index (χ0v) is 14.3. The number of piperidine rings is 1. The van der Waals surface area contributed by atoms with E-state index in [1.54, 1.807) is 4.90 Å². The minimum atomic E-state index is -0.452. The van der Waals surface area contributed by atoms with Crippen LogP contribution in [0.15, 0.2) is 30.3 Å². The van der Waals surface area contributed by atoms with Gasteiger partial charge in [-0.2, -0.15) is 11.8 Å². The number of likely N-dealkylation sites (tertiary alicyclic amines) is 1. The fourth-order valence-corrected chi connectivity index (χ4v) is 4.22. The Bertz CT molecular complexity index is 541. The van der Waals surface area contributed by atoms with Crippen molar-refractivity contribution in [2.75, 3.05) is 31.1 Å². The highest BCUT2D eigenvalue weighted by atomic mass is 32.2. The van der Waals surface area contributed by atoms with Gasteiger partial charge in [-0.15, -0.1) is 0 Å². The summed E-state index contributed by atoms with van der Waals surface area (Å²) in [5.74, 6) is 2.31. The molecule has 124 valence electrons. The topological polar surface area (TPSA) is 40.6 Å². The third-order valence-electron chi connectivity index (χ3n) is 4.55. The Morgan fingerprint density at radius 1 is 1.00 bits per heavy atom. The third kappa shape index (κ3) is 3.89. The minimum absolute atomic E-state index is 0.0916. The first-order valence-electron chi connectivity index (χ1n) is 8.48. The van der Waals surface area contributed by atoms with Gasteiger partial charge >= 0.3 is 0 Å². The highest BCUT2D eigenvalue weighted by Crippen LogP contribution is 2.28. The van der Waals surface area contributed by atoms with Gasteiger partial charge in [0.15, 0.2) is 0 Å². The van der Waals surface area contributed by atoms with Gasteiger partial charge in [0.25, 0.3) is 0 Å². The number of carbonyl (C=O) groups is 2. The predicted molar refractivity (Wildman–Crippen MR) is 93.3 cm³/mol. The average Bonchev–Trinajstić information content (AvgIpc) is 2.87. The molecule has 3 rings (SSSR count). The molecular formula is C18H24N2O2S. The molecule has 0 N–H and O–H groups in total. The van der Waals surface area contributed by atoms with Gasteiger partial charge in [0.2, 0.25) is 11.8 Å². The van der Waals surface area contributed by atoms with E-state index in [4.69, 9.17) is 0 Å². The van der Waals surface area contributed by atoms with Gasteiger partial charge in [0.1, 0.15) is 6.04 Å². The third-order valence-corrected chi connectivity index (χ3v) is 5.60. The number of carbonyl (C=O) groups excluding carboxylic acids is 2. The largest absolute Gasteiger partial charge is 0.340 e. The molecule has 2 heterocycles. The molecule has 2 saturated heterocycles. The molecule has 0 bridgehead atoms. The molecule has 1 atom stereocenters. The summed E-state index contributed by atoms with van der Waals surface area (Å²) in [4.78, 5) is 29.4. The lowest BCUT2D eigenvalue weighted by Gasteiger charge is -2.36. The van der Waals surface area contributed by atoms with Crippen LogP contribution in [0.4, 0.5) is 0 Å². The number of benzene rings is 1. The summed E-state index contributed by atoms with van der Waals surface area (Å²) in [6.07, 6.45) is 3.52. The van der Waals surface area contributed by atoms with Crippen LogP contribution in [-0.4, -0.2) is 52.8 Å². The molecular weight excluding hydrogens is 308 g/mol. The van der Waals surface area contributed by atoms with Crippen LogP contribution in [0.2, 0.25) is 0 Å². The summed E-state index contributed by atoms with van der Waals surface area (Å²) in [5, 5.41) is 0. The normalized spacial score (nSPS) is 21.0. The van der Waals surface area contributed by atoms with Crippen LogP contribution in [0.25, 0.3) is 0 Å². The standard InChI is InChI=1S/C18H24N2O2S/c21-16-9-4-5-11-20(16)17(15-7-2-1-3-8-15)18(22)19-10-6-13-23-14-12-19/h1-3,7-8,17H,4-6,9-14H2. The lowest BCUT2D eigenvalue weighted by atomic mass is 10.00. The van der Waals surface area contributed by atoms with Crippen molar-refractivity contribution in [3.63, 3.8) is 0 Å². The molecule has 0 radical (unpaired) electrons. The fraction of sp³-hybridized carbons (Fsp3) is 0.556. The average molecular weight is 332 g/mol. The number of nitrogens with zero attached hydrogens (tertiary/aromatic N) is 2. The van der Waals surface area contributed by atoms with E-state index in [1.807, 2.05) is 47.0 Å². The first kappa shape index (κ1) is 16.4. The van der Waals surface area contributed by atoms with Gasteiger partial charge in [-0.1, -0.05) is 30.3 Å². The Kier molecular flexibility index (Phi) is 5.60. The molecule has 0 saturated carbocycles. The Hall–Kier alpha value is -1.49. The van der Waals surface area contributed by atoms with Gasteiger partial charge in [0.05, 0.1) is 0 Å². The highest BCUT2D eigenvalue weighted by molar-refractivity contribution is 7.99. The van der Waals surface area contributed by atoms with E-state index in [9.17, 15) is 9.59 Å². The molecule has 2 aliphatic heterocycles. The molecule has 4 nitrogen and oxygen atoms in total. The number of hydrogen-bond acceptors (Lipinski definition) is 3. The Labute approximate surface area is 142 Å². The molecule has 1 unspecified atom stereocenters. The molecule has 2 aliphatic rings. The van der Waals surface area contributed by atoms with Gasteiger partial charge in [-0.3, -0.25) is 9.59 Å². The molecule has 1 aromatic rings. The Morgan fingerprint density at radius 2 is 1.83 bits per heavy atom. The van der Waals surface area contributed by atoms with Crippen LogP contribution in [0.5, 0.6) is 0 Å². The van der Waals surface area contributed by atoms with Crippen molar-refractivity contribution >= 4 is 23.6 Å². The van der Waals surface area contributed by atoms with E-state index in [2.05, 4.69) is 0 Å². The van der Waals surface area contributed by atoms with Crippen molar-refractivity contribution in [2.24, 2.45) is 0 Å². The molecule has 2 fully saturated rings. The number of hydrogen-bond donors (Lipinski definition) is 0. The predicted octanol–water partition coefficient (Wildman–Crippen LogP) is 2.71. The van der Waals surface area contributed by atoms with Gasteiger partial charge < -0.3 is 9.80 Å². The lowest BCUT2D eigenvalue weighted by molar-refractivity contribution is -0.147. The monoisotopic (exact) mass is 332 g/mol. The maximum absolute atomic E-state index is 13.2. The van der Waals surface area contributed by atoms with Crippen molar-refractivity contribution in [2.45, 2.75) is 31.7 Å². The zero-order valence-electron chi connectivity index (χ0n) is 13.4. The zero-order chi connectivity index (χ0) is 16.1. The Balaban J connectivity index is 1.87. The highest BCUT2D eigenvalue weighted by Gasteiger charge is 2.35. The van der Waals surface area contributed by atoms with Crippen molar-refractivity contribution < 1.29 is 9.59 Å². The summed E-state index contributed by atoms with van der Waals surface area (Å²) in [6, 6.07) is 9.33. The van der Waals surface area contributed by atoms with Crippen molar-refractivity contribution in [3.8, 4) is 0 Å². The second-order valence-corrected chi connectivity index (χ2v) is 7.37. The maximum Gasteiger partial charge on any atom is 0.250 e. The van der Waals surface area contributed by atoms with E-state index in [1.165, 1.54) is 0 Å². The second-order valence-electron chi connectivity index (χ2n) is 6.15. The number of rotatable bonds is 3. The summed E-state index contributed by atoms with van der Waals surface area (Å²) < 4.78 is 0. The van der Waals surface area contributed by atoms with Crippen molar-refractivity contribution in [1.82, 2.24) is 9.80 Å².